The number of anilines is 1. The van der Waals surface area contributed by atoms with Gasteiger partial charge in [-0.2, -0.15) is 11.8 Å². The Hall–Kier alpha value is -0.260. The third-order valence-electron chi connectivity index (χ3n) is 2.25. The molecule has 5 heteroatoms. The Morgan fingerprint density at radius 3 is 2.88 bits per heavy atom. The first-order chi connectivity index (χ1) is 7.67. The third kappa shape index (κ3) is 4.31. The fourth-order valence-corrected chi connectivity index (χ4v) is 2.23. The predicted octanol–water partition coefficient (Wildman–Crippen LogP) is 3.08. The largest absolute Gasteiger partial charge is 0.381 e. The van der Waals surface area contributed by atoms with Crippen LogP contribution in [0.15, 0.2) is 22.7 Å². The highest BCUT2D eigenvalue weighted by Crippen LogP contribution is 2.20. The number of thioether (sulfide) groups is 1. The van der Waals surface area contributed by atoms with E-state index >= 15 is 0 Å². The van der Waals surface area contributed by atoms with Crippen molar-refractivity contribution in [2.75, 3.05) is 23.9 Å². The maximum atomic E-state index is 13.0. The van der Waals surface area contributed by atoms with E-state index in [4.69, 9.17) is 5.73 Å². The van der Waals surface area contributed by atoms with E-state index < -0.39 is 0 Å². The minimum absolute atomic E-state index is 0.241. The Bertz CT molecular complexity index is 336. The van der Waals surface area contributed by atoms with Crippen molar-refractivity contribution in [2.24, 2.45) is 5.73 Å². The first kappa shape index (κ1) is 13.8. The lowest BCUT2D eigenvalue weighted by atomic mass is 10.2. The molecule has 0 aromatic heterocycles. The maximum Gasteiger partial charge on any atom is 0.137 e. The van der Waals surface area contributed by atoms with E-state index in [1.165, 1.54) is 6.07 Å². The van der Waals surface area contributed by atoms with Crippen molar-refractivity contribution >= 4 is 33.4 Å². The molecule has 0 aliphatic carbocycles. The molecule has 0 radical (unpaired) electrons. The average molecular weight is 307 g/mol. The lowest BCUT2D eigenvalue weighted by molar-refractivity contribution is 0.621. The van der Waals surface area contributed by atoms with Gasteiger partial charge in [-0.1, -0.05) is 0 Å². The van der Waals surface area contributed by atoms with Gasteiger partial charge in [-0.15, -0.1) is 0 Å². The number of benzene rings is 1. The van der Waals surface area contributed by atoms with Gasteiger partial charge in [-0.25, -0.2) is 4.39 Å². The van der Waals surface area contributed by atoms with Gasteiger partial charge in [-0.3, -0.25) is 0 Å². The molecule has 1 atom stereocenters. The van der Waals surface area contributed by atoms with Crippen LogP contribution in [0.25, 0.3) is 0 Å². The molecule has 0 saturated carbocycles. The molecule has 0 aliphatic heterocycles. The zero-order chi connectivity index (χ0) is 12.0. The Balaban J connectivity index is 2.59. The highest BCUT2D eigenvalue weighted by molar-refractivity contribution is 9.10. The van der Waals surface area contributed by atoms with Crippen molar-refractivity contribution in [2.45, 2.75) is 12.5 Å². The quantitative estimate of drug-likeness (QED) is 0.848. The molecule has 0 aliphatic rings. The Morgan fingerprint density at radius 2 is 2.31 bits per heavy atom. The molecule has 0 heterocycles. The van der Waals surface area contributed by atoms with Gasteiger partial charge >= 0.3 is 0 Å². The van der Waals surface area contributed by atoms with Crippen LogP contribution in [0.5, 0.6) is 0 Å². The van der Waals surface area contributed by atoms with Crippen molar-refractivity contribution in [3.63, 3.8) is 0 Å². The minimum atomic E-state index is -0.251. The van der Waals surface area contributed by atoms with Crippen LogP contribution in [0.1, 0.15) is 6.42 Å². The second-order valence-corrected chi connectivity index (χ2v) is 5.33. The summed E-state index contributed by atoms with van der Waals surface area (Å²) in [5.74, 6) is 0.816. The summed E-state index contributed by atoms with van der Waals surface area (Å²) in [5, 5.41) is 3.30. The van der Waals surface area contributed by atoms with E-state index in [1.807, 2.05) is 0 Å². The summed E-state index contributed by atoms with van der Waals surface area (Å²) in [6, 6.07) is 5.14. The molecule has 1 rings (SSSR count). The Labute approximate surface area is 108 Å². The molecule has 0 saturated heterocycles. The summed E-state index contributed by atoms with van der Waals surface area (Å²) in [4.78, 5) is 0. The standard InChI is InChI=1S/C11H16BrFN2S/c1-16-5-4-9(7-14)15-8-2-3-11(13)10(12)6-8/h2-3,6,9,15H,4-5,7,14H2,1H3. The maximum absolute atomic E-state index is 13.0. The summed E-state index contributed by atoms with van der Waals surface area (Å²) in [5.41, 5.74) is 6.57. The Morgan fingerprint density at radius 1 is 1.56 bits per heavy atom. The summed E-state index contributed by atoms with van der Waals surface area (Å²) in [7, 11) is 0. The van der Waals surface area contributed by atoms with Crippen molar-refractivity contribution < 1.29 is 4.39 Å². The molecule has 16 heavy (non-hydrogen) atoms. The Kier molecular flexibility index (Phi) is 6.16. The van der Waals surface area contributed by atoms with Crippen LogP contribution in [0.2, 0.25) is 0 Å². The van der Waals surface area contributed by atoms with Gasteiger partial charge in [-0.05, 0) is 52.6 Å². The molecule has 3 N–H and O–H groups in total. The van der Waals surface area contributed by atoms with Gasteiger partial charge in [0.1, 0.15) is 5.82 Å². The van der Waals surface area contributed by atoms with Gasteiger partial charge in [0.2, 0.25) is 0 Å². The number of hydrogen-bond donors (Lipinski definition) is 2. The number of hydrogen-bond acceptors (Lipinski definition) is 3. The van der Waals surface area contributed by atoms with Crippen LogP contribution in [0.4, 0.5) is 10.1 Å². The highest BCUT2D eigenvalue weighted by Gasteiger charge is 2.07. The van der Waals surface area contributed by atoms with E-state index in [0.29, 0.717) is 11.0 Å². The van der Waals surface area contributed by atoms with Crippen LogP contribution in [0.3, 0.4) is 0 Å². The molecule has 1 aromatic rings. The van der Waals surface area contributed by atoms with Crippen molar-refractivity contribution in [1.82, 2.24) is 0 Å². The summed E-state index contributed by atoms with van der Waals surface area (Å²) >= 11 is 4.96. The van der Waals surface area contributed by atoms with E-state index in [0.717, 1.165) is 17.9 Å². The van der Waals surface area contributed by atoms with Crippen LogP contribution in [0, 0.1) is 5.82 Å². The van der Waals surface area contributed by atoms with Gasteiger partial charge < -0.3 is 11.1 Å². The zero-order valence-corrected chi connectivity index (χ0v) is 11.6. The zero-order valence-electron chi connectivity index (χ0n) is 9.17. The normalized spacial score (nSPS) is 12.5. The van der Waals surface area contributed by atoms with Crippen molar-refractivity contribution in [3.05, 3.63) is 28.5 Å². The highest BCUT2D eigenvalue weighted by atomic mass is 79.9. The van der Waals surface area contributed by atoms with Crippen LogP contribution in [-0.2, 0) is 0 Å². The van der Waals surface area contributed by atoms with E-state index in [1.54, 1.807) is 23.9 Å². The second-order valence-electron chi connectivity index (χ2n) is 3.49. The fraction of sp³-hybridized carbons (Fsp3) is 0.455. The molecule has 0 bridgehead atoms. The first-order valence-electron chi connectivity index (χ1n) is 5.08. The topological polar surface area (TPSA) is 38.0 Å². The summed E-state index contributed by atoms with van der Waals surface area (Å²) in [6.45, 7) is 0.579. The molecule has 0 spiro atoms. The van der Waals surface area contributed by atoms with Crippen LogP contribution < -0.4 is 11.1 Å². The molecule has 2 nitrogen and oxygen atoms in total. The fourth-order valence-electron chi connectivity index (χ4n) is 1.33. The molecule has 0 amide bonds. The van der Waals surface area contributed by atoms with Gasteiger partial charge in [0, 0.05) is 18.3 Å². The van der Waals surface area contributed by atoms with Crippen LogP contribution in [-0.4, -0.2) is 24.6 Å². The van der Waals surface area contributed by atoms with Gasteiger partial charge in [0.25, 0.3) is 0 Å². The molecule has 0 fully saturated rings. The van der Waals surface area contributed by atoms with Gasteiger partial charge in [0.15, 0.2) is 0 Å². The smallest absolute Gasteiger partial charge is 0.137 e. The second kappa shape index (κ2) is 7.14. The van der Waals surface area contributed by atoms with E-state index in [-0.39, 0.29) is 11.9 Å². The molecular weight excluding hydrogens is 291 g/mol. The van der Waals surface area contributed by atoms with E-state index in [2.05, 4.69) is 27.5 Å². The monoisotopic (exact) mass is 306 g/mol. The average Bonchev–Trinajstić information content (AvgIpc) is 2.29. The summed E-state index contributed by atoms with van der Waals surface area (Å²) in [6.07, 6.45) is 3.08. The van der Waals surface area contributed by atoms with E-state index in [9.17, 15) is 4.39 Å². The lowest BCUT2D eigenvalue weighted by Crippen LogP contribution is -2.29. The summed E-state index contributed by atoms with van der Waals surface area (Å²) < 4.78 is 13.5. The lowest BCUT2D eigenvalue weighted by Gasteiger charge is -2.17. The molecule has 1 aromatic carbocycles. The third-order valence-corrected chi connectivity index (χ3v) is 3.50. The SMILES string of the molecule is CSCCC(CN)Nc1ccc(F)c(Br)c1. The number of halogens is 2. The van der Waals surface area contributed by atoms with Crippen LogP contribution >= 0.6 is 27.7 Å². The molecular formula is C11H16BrFN2S. The van der Waals surface area contributed by atoms with Gasteiger partial charge in [0.05, 0.1) is 4.47 Å². The predicted molar refractivity (Wildman–Crippen MR) is 73.6 cm³/mol. The van der Waals surface area contributed by atoms with Crippen molar-refractivity contribution in [1.29, 1.82) is 0 Å². The number of nitrogens with one attached hydrogen (secondary N) is 1. The number of rotatable bonds is 6. The molecule has 90 valence electrons. The number of nitrogens with two attached hydrogens (primary N) is 1. The first-order valence-corrected chi connectivity index (χ1v) is 7.26. The minimum Gasteiger partial charge on any atom is -0.381 e. The molecule has 1 unspecified atom stereocenters. The van der Waals surface area contributed by atoms with Crippen molar-refractivity contribution in [3.8, 4) is 0 Å².